The maximum absolute atomic E-state index is 9.31. The summed E-state index contributed by atoms with van der Waals surface area (Å²) in [7, 11) is 0. The first-order chi connectivity index (χ1) is 10.3. The first-order valence-corrected chi connectivity index (χ1v) is 7.16. The van der Waals surface area contributed by atoms with Crippen molar-refractivity contribution in [2.24, 2.45) is 0 Å². The second-order valence-electron chi connectivity index (χ2n) is 5.38. The van der Waals surface area contributed by atoms with Gasteiger partial charge in [-0.2, -0.15) is 0 Å². The van der Waals surface area contributed by atoms with Gasteiger partial charge in [0, 0.05) is 17.9 Å². The van der Waals surface area contributed by atoms with Crippen molar-refractivity contribution >= 4 is 16.9 Å². The van der Waals surface area contributed by atoms with Gasteiger partial charge in [-0.1, -0.05) is 0 Å². The average Bonchev–Trinajstić information content (AvgIpc) is 3.27. The molecule has 0 spiro atoms. The van der Waals surface area contributed by atoms with Gasteiger partial charge in [-0.05, 0) is 49.2 Å². The van der Waals surface area contributed by atoms with E-state index in [2.05, 4.69) is 14.9 Å². The van der Waals surface area contributed by atoms with Crippen LogP contribution in [-0.4, -0.2) is 19.6 Å². The van der Waals surface area contributed by atoms with E-state index in [9.17, 15) is 5.11 Å². The SMILES string of the molecule is Oc1ccc(NCc2nc3cccnc3n2C2CC2)cc1. The summed E-state index contributed by atoms with van der Waals surface area (Å²) in [6.45, 7) is 0.650. The molecule has 106 valence electrons. The third-order valence-corrected chi connectivity index (χ3v) is 3.75. The zero-order valence-electron chi connectivity index (χ0n) is 11.5. The minimum Gasteiger partial charge on any atom is -0.508 e. The Morgan fingerprint density at radius 3 is 2.76 bits per heavy atom. The van der Waals surface area contributed by atoms with E-state index in [4.69, 9.17) is 4.98 Å². The Balaban J connectivity index is 1.63. The van der Waals surface area contributed by atoms with E-state index in [1.807, 2.05) is 30.5 Å². The third kappa shape index (κ3) is 2.31. The molecule has 0 unspecified atom stereocenters. The highest BCUT2D eigenvalue weighted by atomic mass is 16.3. The van der Waals surface area contributed by atoms with Crippen LogP contribution in [0.2, 0.25) is 0 Å². The fourth-order valence-electron chi connectivity index (χ4n) is 2.58. The summed E-state index contributed by atoms with van der Waals surface area (Å²) in [5.41, 5.74) is 2.89. The summed E-state index contributed by atoms with van der Waals surface area (Å²) in [4.78, 5) is 9.16. The second kappa shape index (κ2) is 4.77. The van der Waals surface area contributed by atoms with Gasteiger partial charge in [0.1, 0.15) is 17.1 Å². The average molecular weight is 280 g/mol. The zero-order valence-corrected chi connectivity index (χ0v) is 11.5. The summed E-state index contributed by atoms with van der Waals surface area (Å²) in [6, 6.07) is 11.5. The number of aromatic nitrogens is 3. The molecule has 21 heavy (non-hydrogen) atoms. The van der Waals surface area contributed by atoms with E-state index in [-0.39, 0.29) is 5.75 Å². The van der Waals surface area contributed by atoms with Crippen molar-refractivity contribution in [3.63, 3.8) is 0 Å². The van der Waals surface area contributed by atoms with Gasteiger partial charge in [-0.25, -0.2) is 9.97 Å². The van der Waals surface area contributed by atoms with Crippen LogP contribution >= 0.6 is 0 Å². The van der Waals surface area contributed by atoms with Crippen LogP contribution in [0.15, 0.2) is 42.6 Å². The maximum Gasteiger partial charge on any atom is 0.160 e. The van der Waals surface area contributed by atoms with Crippen LogP contribution in [0.25, 0.3) is 11.2 Å². The Morgan fingerprint density at radius 1 is 1.19 bits per heavy atom. The van der Waals surface area contributed by atoms with Crippen LogP contribution in [0.3, 0.4) is 0 Å². The summed E-state index contributed by atoms with van der Waals surface area (Å²) >= 11 is 0. The number of anilines is 1. The summed E-state index contributed by atoms with van der Waals surface area (Å²) in [5, 5.41) is 12.7. The Kier molecular flexibility index (Phi) is 2.77. The van der Waals surface area contributed by atoms with Crippen LogP contribution in [-0.2, 0) is 6.54 Å². The van der Waals surface area contributed by atoms with E-state index in [0.717, 1.165) is 22.7 Å². The molecule has 0 saturated heterocycles. The number of benzene rings is 1. The van der Waals surface area contributed by atoms with E-state index >= 15 is 0 Å². The smallest absolute Gasteiger partial charge is 0.160 e. The lowest BCUT2D eigenvalue weighted by Crippen LogP contribution is -2.08. The molecule has 0 aliphatic heterocycles. The molecule has 5 nitrogen and oxygen atoms in total. The topological polar surface area (TPSA) is 63.0 Å². The lowest BCUT2D eigenvalue weighted by atomic mass is 10.3. The number of nitrogens with one attached hydrogen (secondary N) is 1. The van der Waals surface area contributed by atoms with Gasteiger partial charge >= 0.3 is 0 Å². The van der Waals surface area contributed by atoms with Gasteiger partial charge in [0.05, 0.1) is 6.54 Å². The van der Waals surface area contributed by atoms with Crippen molar-refractivity contribution in [2.75, 3.05) is 5.32 Å². The summed E-state index contributed by atoms with van der Waals surface area (Å²) < 4.78 is 2.25. The highest BCUT2D eigenvalue weighted by Gasteiger charge is 2.28. The molecular weight excluding hydrogens is 264 g/mol. The number of aromatic hydroxyl groups is 1. The normalized spacial score (nSPS) is 14.5. The minimum absolute atomic E-state index is 0.273. The molecular formula is C16H16N4O. The second-order valence-corrected chi connectivity index (χ2v) is 5.38. The molecule has 0 radical (unpaired) electrons. The van der Waals surface area contributed by atoms with Crippen molar-refractivity contribution in [3.8, 4) is 5.75 Å². The lowest BCUT2D eigenvalue weighted by Gasteiger charge is -2.09. The maximum atomic E-state index is 9.31. The van der Waals surface area contributed by atoms with E-state index in [1.54, 1.807) is 12.1 Å². The number of hydrogen-bond acceptors (Lipinski definition) is 4. The fraction of sp³-hybridized carbons (Fsp3) is 0.250. The Hall–Kier alpha value is -2.56. The van der Waals surface area contributed by atoms with Gasteiger partial charge in [0.2, 0.25) is 0 Å². The quantitative estimate of drug-likeness (QED) is 0.721. The molecule has 1 aliphatic rings. The fourth-order valence-corrected chi connectivity index (χ4v) is 2.58. The van der Waals surface area contributed by atoms with E-state index in [1.165, 1.54) is 12.8 Å². The molecule has 0 atom stereocenters. The third-order valence-electron chi connectivity index (χ3n) is 3.75. The van der Waals surface area contributed by atoms with Crippen molar-refractivity contribution in [2.45, 2.75) is 25.4 Å². The molecule has 1 aromatic carbocycles. The van der Waals surface area contributed by atoms with Gasteiger partial charge in [0.25, 0.3) is 0 Å². The standard InChI is InChI=1S/C16H16N4O/c21-13-7-3-11(4-8-13)18-10-15-19-14-2-1-9-17-16(14)20(15)12-5-6-12/h1-4,7-9,12,18,21H,5-6,10H2. The molecule has 2 heterocycles. The Bertz CT molecular complexity index is 775. The number of imidazole rings is 1. The van der Waals surface area contributed by atoms with Crippen molar-refractivity contribution in [1.29, 1.82) is 0 Å². The van der Waals surface area contributed by atoms with Crippen LogP contribution < -0.4 is 5.32 Å². The number of fused-ring (bicyclic) bond motifs is 1. The van der Waals surface area contributed by atoms with Gasteiger partial charge in [-0.3, -0.25) is 0 Å². The van der Waals surface area contributed by atoms with Crippen molar-refractivity contribution < 1.29 is 5.11 Å². The largest absolute Gasteiger partial charge is 0.508 e. The summed E-state index contributed by atoms with van der Waals surface area (Å²) in [6.07, 6.45) is 4.22. The number of nitrogens with zero attached hydrogens (tertiary/aromatic N) is 3. The first-order valence-electron chi connectivity index (χ1n) is 7.16. The Morgan fingerprint density at radius 2 is 2.00 bits per heavy atom. The number of rotatable bonds is 4. The van der Waals surface area contributed by atoms with Crippen LogP contribution in [0.5, 0.6) is 5.75 Å². The number of phenolic OH excluding ortho intramolecular Hbond substituents is 1. The van der Waals surface area contributed by atoms with Crippen LogP contribution in [0, 0.1) is 0 Å². The molecule has 5 heteroatoms. The van der Waals surface area contributed by atoms with Crippen molar-refractivity contribution in [1.82, 2.24) is 14.5 Å². The Labute approximate surface area is 122 Å². The van der Waals surface area contributed by atoms with E-state index < -0.39 is 0 Å². The molecule has 1 aliphatic carbocycles. The number of phenols is 1. The molecule has 0 bridgehead atoms. The van der Waals surface area contributed by atoms with Gasteiger partial charge in [0.15, 0.2) is 5.65 Å². The molecule has 2 aromatic heterocycles. The molecule has 4 rings (SSSR count). The first kappa shape index (κ1) is 12.2. The van der Waals surface area contributed by atoms with Crippen molar-refractivity contribution in [3.05, 3.63) is 48.4 Å². The monoisotopic (exact) mass is 280 g/mol. The number of pyridine rings is 1. The minimum atomic E-state index is 0.273. The zero-order chi connectivity index (χ0) is 14.2. The molecule has 2 N–H and O–H groups in total. The van der Waals surface area contributed by atoms with E-state index in [0.29, 0.717) is 12.6 Å². The predicted octanol–water partition coefficient (Wildman–Crippen LogP) is 3.08. The molecule has 3 aromatic rings. The lowest BCUT2D eigenvalue weighted by molar-refractivity contribution is 0.475. The summed E-state index contributed by atoms with van der Waals surface area (Å²) in [5.74, 6) is 1.29. The predicted molar refractivity (Wildman–Crippen MR) is 81.2 cm³/mol. The van der Waals surface area contributed by atoms with Gasteiger partial charge < -0.3 is 15.0 Å². The number of hydrogen-bond donors (Lipinski definition) is 2. The van der Waals surface area contributed by atoms with Gasteiger partial charge in [-0.15, -0.1) is 0 Å². The molecule has 1 fully saturated rings. The highest BCUT2D eigenvalue weighted by molar-refractivity contribution is 5.71. The highest BCUT2D eigenvalue weighted by Crippen LogP contribution is 2.38. The molecule has 0 amide bonds. The van der Waals surface area contributed by atoms with Crippen LogP contribution in [0.4, 0.5) is 5.69 Å². The van der Waals surface area contributed by atoms with Crippen LogP contribution in [0.1, 0.15) is 24.7 Å². The molecule has 1 saturated carbocycles.